The van der Waals surface area contributed by atoms with E-state index in [1.807, 2.05) is 12.1 Å². The number of aliphatic carboxylic acids is 1. The number of hydrogen-bond donors (Lipinski definition) is 3. The smallest absolute Gasteiger partial charge is 0.328 e. The second-order valence-corrected chi connectivity index (χ2v) is 6.01. The maximum absolute atomic E-state index is 10.5. The van der Waals surface area contributed by atoms with Crippen LogP contribution in [0.5, 0.6) is 0 Å². The number of anilines is 1. The molecule has 1 aromatic heterocycles. The fraction of sp³-hybridized carbons (Fsp3) is 0.278. The minimum absolute atomic E-state index is 0.0888. The van der Waals surface area contributed by atoms with E-state index in [1.54, 1.807) is 6.07 Å². The average Bonchev–Trinajstić information content (AvgIpc) is 3.03. The van der Waals surface area contributed by atoms with Crippen LogP contribution in [0.25, 0.3) is 6.08 Å². The van der Waals surface area contributed by atoms with E-state index in [1.165, 1.54) is 11.6 Å². The number of nitrogens with zero attached hydrogens (tertiary/aromatic N) is 2. The lowest BCUT2D eigenvalue weighted by Gasteiger charge is -2.30. The van der Waals surface area contributed by atoms with E-state index in [0.717, 1.165) is 32.0 Å². The third kappa shape index (κ3) is 4.17. The summed E-state index contributed by atoms with van der Waals surface area (Å²) in [5.74, 6) is -0.306. The third-order valence-electron chi connectivity index (χ3n) is 4.10. The Bertz CT molecular complexity index is 708. The fourth-order valence-corrected chi connectivity index (χ4v) is 2.96. The van der Waals surface area contributed by atoms with E-state index in [2.05, 4.69) is 45.1 Å². The van der Waals surface area contributed by atoms with Crippen molar-refractivity contribution in [3.63, 3.8) is 0 Å². The Labute approximate surface area is 140 Å². The van der Waals surface area contributed by atoms with E-state index in [-0.39, 0.29) is 5.54 Å². The van der Waals surface area contributed by atoms with Crippen molar-refractivity contribution in [3.05, 3.63) is 59.8 Å². The first-order valence-electron chi connectivity index (χ1n) is 7.93. The summed E-state index contributed by atoms with van der Waals surface area (Å²) in [5.41, 5.74) is 1.71. The molecule has 1 fully saturated rings. The molecule has 124 valence electrons. The lowest BCUT2D eigenvalue weighted by atomic mass is 9.90. The molecule has 2 aromatic rings. The number of benzene rings is 1. The van der Waals surface area contributed by atoms with Gasteiger partial charge in [-0.05, 0) is 43.2 Å². The van der Waals surface area contributed by atoms with Crippen molar-refractivity contribution >= 4 is 17.9 Å². The van der Waals surface area contributed by atoms with Crippen molar-refractivity contribution in [1.82, 2.24) is 15.5 Å². The highest BCUT2D eigenvalue weighted by molar-refractivity contribution is 5.84. The number of carboxylic acid groups (broad SMARTS) is 1. The largest absolute Gasteiger partial charge is 0.478 e. The maximum Gasteiger partial charge on any atom is 0.328 e. The molecule has 0 spiro atoms. The van der Waals surface area contributed by atoms with Gasteiger partial charge in [0.25, 0.3) is 0 Å². The van der Waals surface area contributed by atoms with Gasteiger partial charge in [0.1, 0.15) is 5.82 Å². The van der Waals surface area contributed by atoms with Gasteiger partial charge >= 0.3 is 5.97 Å². The van der Waals surface area contributed by atoms with Crippen LogP contribution in [0, 0.1) is 0 Å². The van der Waals surface area contributed by atoms with Crippen LogP contribution >= 0.6 is 0 Å². The Morgan fingerprint density at radius 2 is 2.08 bits per heavy atom. The Morgan fingerprint density at radius 1 is 1.25 bits per heavy atom. The summed E-state index contributed by atoms with van der Waals surface area (Å²) in [5, 5.41) is 23.8. The summed E-state index contributed by atoms with van der Waals surface area (Å²) < 4.78 is 0. The van der Waals surface area contributed by atoms with E-state index < -0.39 is 5.97 Å². The van der Waals surface area contributed by atoms with Crippen molar-refractivity contribution < 1.29 is 9.90 Å². The first kappa shape index (κ1) is 16.1. The van der Waals surface area contributed by atoms with E-state index in [0.29, 0.717) is 11.5 Å². The summed E-state index contributed by atoms with van der Waals surface area (Å²) >= 11 is 0. The molecule has 1 aliphatic heterocycles. The molecule has 3 rings (SSSR count). The van der Waals surface area contributed by atoms with Crippen LogP contribution in [-0.4, -0.2) is 39.9 Å². The summed E-state index contributed by atoms with van der Waals surface area (Å²) in [4.78, 5) is 10.5. The summed E-state index contributed by atoms with van der Waals surface area (Å²) in [6, 6.07) is 14.0. The zero-order valence-corrected chi connectivity index (χ0v) is 13.3. The van der Waals surface area contributed by atoms with Crippen molar-refractivity contribution in [3.8, 4) is 0 Å². The summed E-state index contributed by atoms with van der Waals surface area (Å²) in [6.45, 7) is 1.83. The molecule has 0 unspecified atom stereocenters. The quantitative estimate of drug-likeness (QED) is 0.704. The normalized spacial score (nSPS) is 20.3. The summed E-state index contributed by atoms with van der Waals surface area (Å²) in [7, 11) is 0. The number of rotatable bonds is 6. The van der Waals surface area contributed by atoms with Gasteiger partial charge in [0.15, 0.2) is 0 Å². The monoisotopic (exact) mass is 324 g/mol. The highest BCUT2D eigenvalue weighted by Crippen LogP contribution is 2.25. The fourth-order valence-electron chi connectivity index (χ4n) is 2.96. The molecular formula is C18H20N4O2. The lowest BCUT2D eigenvalue weighted by molar-refractivity contribution is -0.131. The molecular weight excluding hydrogens is 304 g/mol. The van der Waals surface area contributed by atoms with Crippen molar-refractivity contribution in [2.24, 2.45) is 0 Å². The summed E-state index contributed by atoms with van der Waals surface area (Å²) in [6.07, 6.45) is 4.39. The molecule has 0 bridgehead atoms. The topological polar surface area (TPSA) is 87.1 Å². The van der Waals surface area contributed by atoms with Crippen LogP contribution < -0.4 is 10.6 Å². The minimum atomic E-state index is -1.00. The Balaban J connectivity index is 1.73. The number of carboxylic acids is 1. The molecule has 0 saturated carbocycles. The van der Waals surface area contributed by atoms with Crippen LogP contribution in [-0.2, 0) is 11.2 Å². The van der Waals surface area contributed by atoms with Crippen LogP contribution in [0.15, 0.2) is 48.5 Å². The first-order valence-corrected chi connectivity index (χ1v) is 7.93. The number of carbonyl (C=O) groups is 1. The number of hydrogen-bond acceptors (Lipinski definition) is 5. The SMILES string of the molecule is O=C(O)/C=C/c1ccc(N[C@]2(Cc3ccccc3)CCNC2)nn1. The molecule has 6 nitrogen and oxygen atoms in total. The molecule has 1 aliphatic rings. The highest BCUT2D eigenvalue weighted by Gasteiger charge is 2.34. The van der Waals surface area contributed by atoms with Gasteiger partial charge < -0.3 is 15.7 Å². The van der Waals surface area contributed by atoms with Gasteiger partial charge in [-0.1, -0.05) is 30.3 Å². The molecule has 2 heterocycles. The van der Waals surface area contributed by atoms with Crippen LogP contribution in [0.2, 0.25) is 0 Å². The van der Waals surface area contributed by atoms with Crippen LogP contribution in [0.1, 0.15) is 17.7 Å². The minimum Gasteiger partial charge on any atom is -0.478 e. The molecule has 0 amide bonds. The van der Waals surface area contributed by atoms with E-state index >= 15 is 0 Å². The van der Waals surface area contributed by atoms with Gasteiger partial charge in [-0.15, -0.1) is 10.2 Å². The highest BCUT2D eigenvalue weighted by atomic mass is 16.4. The molecule has 1 atom stereocenters. The first-order chi connectivity index (χ1) is 11.7. The lowest BCUT2D eigenvalue weighted by Crippen LogP contribution is -2.43. The van der Waals surface area contributed by atoms with Gasteiger partial charge in [-0.3, -0.25) is 0 Å². The Morgan fingerprint density at radius 3 is 2.71 bits per heavy atom. The second-order valence-electron chi connectivity index (χ2n) is 6.01. The van der Waals surface area contributed by atoms with Crippen LogP contribution in [0.4, 0.5) is 5.82 Å². The number of aromatic nitrogens is 2. The predicted molar refractivity (Wildman–Crippen MR) is 92.7 cm³/mol. The Hall–Kier alpha value is -2.73. The second kappa shape index (κ2) is 7.23. The number of nitrogens with one attached hydrogen (secondary N) is 2. The zero-order valence-electron chi connectivity index (χ0n) is 13.3. The van der Waals surface area contributed by atoms with E-state index in [4.69, 9.17) is 5.11 Å². The maximum atomic E-state index is 10.5. The Kier molecular flexibility index (Phi) is 4.86. The molecule has 0 radical (unpaired) electrons. The van der Waals surface area contributed by atoms with Crippen molar-refractivity contribution in [2.45, 2.75) is 18.4 Å². The molecule has 1 aromatic carbocycles. The van der Waals surface area contributed by atoms with Gasteiger partial charge in [-0.2, -0.15) is 0 Å². The van der Waals surface area contributed by atoms with Gasteiger partial charge in [0.05, 0.1) is 11.2 Å². The molecule has 3 N–H and O–H groups in total. The van der Waals surface area contributed by atoms with E-state index in [9.17, 15) is 4.79 Å². The standard InChI is InChI=1S/C18H20N4O2/c23-17(24)9-7-15-6-8-16(22-21-15)20-18(10-11-19-13-18)12-14-4-2-1-3-5-14/h1-9,19H,10-13H2,(H,20,22)(H,23,24)/b9-7+/t18-/m0/s1. The molecule has 1 saturated heterocycles. The van der Waals surface area contributed by atoms with Gasteiger partial charge in [0.2, 0.25) is 0 Å². The predicted octanol–water partition coefficient (Wildman–Crippen LogP) is 1.96. The average molecular weight is 324 g/mol. The van der Waals surface area contributed by atoms with Gasteiger partial charge in [0, 0.05) is 12.6 Å². The third-order valence-corrected chi connectivity index (χ3v) is 4.10. The molecule has 6 heteroatoms. The van der Waals surface area contributed by atoms with Crippen molar-refractivity contribution in [2.75, 3.05) is 18.4 Å². The van der Waals surface area contributed by atoms with Crippen LogP contribution in [0.3, 0.4) is 0 Å². The molecule has 24 heavy (non-hydrogen) atoms. The van der Waals surface area contributed by atoms with Crippen molar-refractivity contribution in [1.29, 1.82) is 0 Å². The zero-order chi connectivity index (χ0) is 16.8. The van der Waals surface area contributed by atoms with Gasteiger partial charge in [-0.25, -0.2) is 4.79 Å². The molecule has 0 aliphatic carbocycles.